The molecule has 1 aromatic rings. The molecule has 0 aromatic heterocycles. The summed E-state index contributed by atoms with van der Waals surface area (Å²) >= 11 is 1.55. The fraction of sp³-hybridized carbons (Fsp3) is 0.417. The lowest BCUT2D eigenvalue weighted by atomic mass is 10.1. The van der Waals surface area contributed by atoms with Crippen LogP contribution in [0.25, 0.3) is 0 Å². The number of nitrogens with two attached hydrogens (primary N) is 1. The van der Waals surface area contributed by atoms with Gasteiger partial charge in [-0.2, -0.15) is 0 Å². The summed E-state index contributed by atoms with van der Waals surface area (Å²) in [5.74, 6) is 0.120. The second-order valence-corrected chi connectivity index (χ2v) is 5.06. The van der Waals surface area contributed by atoms with Crippen LogP contribution in [0, 0.1) is 6.92 Å². The second-order valence-electron chi connectivity index (χ2n) is 4.01. The number of aryl methyl sites for hydroxylation is 1. The fourth-order valence-electron chi connectivity index (χ4n) is 1.16. The third kappa shape index (κ3) is 3.54. The summed E-state index contributed by atoms with van der Waals surface area (Å²) in [6.45, 7) is 3.72. The van der Waals surface area contributed by atoms with E-state index in [0.29, 0.717) is 5.75 Å². The van der Waals surface area contributed by atoms with Crippen molar-refractivity contribution in [3.63, 3.8) is 0 Å². The van der Waals surface area contributed by atoms with E-state index in [1.807, 2.05) is 31.2 Å². The summed E-state index contributed by atoms with van der Waals surface area (Å²) in [6.07, 6.45) is 0. The van der Waals surface area contributed by atoms with Crippen LogP contribution < -0.4 is 5.73 Å². The third-order valence-corrected chi connectivity index (χ3v) is 3.56. The van der Waals surface area contributed by atoms with E-state index in [-0.39, 0.29) is 5.97 Å². The first-order chi connectivity index (χ1) is 7.45. The minimum absolute atomic E-state index is 0.382. The molecule has 16 heavy (non-hydrogen) atoms. The van der Waals surface area contributed by atoms with Crippen LogP contribution in [0.4, 0.5) is 0 Å². The Labute approximate surface area is 100 Å². The number of thioether (sulfide) groups is 1. The van der Waals surface area contributed by atoms with E-state index in [4.69, 9.17) is 5.73 Å². The highest BCUT2D eigenvalue weighted by Crippen LogP contribution is 2.22. The lowest BCUT2D eigenvalue weighted by molar-refractivity contribution is -0.145. The normalized spacial score (nSPS) is 14.2. The molecular weight excluding hydrogens is 222 g/mol. The molecule has 3 nitrogen and oxygen atoms in total. The Morgan fingerprint density at radius 1 is 1.44 bits per heavy atom. The summed E-state index contributed by atoms with van der Waals surface area (Å²) < 4.78 is 4.65. The number of benzene rings is 1. The van der Waals surface area contributed by atoms with Crippen LogP contribution >= 0.6 is 11.8 Å². The molecule has 0 heterocycles. The first-order valence-electron chi connectivity index (χ1n) is 5.02. The number of ether oxygens (including phenoxy) is 1. The first kappa shape index (κ1) is 13.1. The molecular formula is C12H17NO2S. The molecule has 2 N–H and O–H groups in total. The minimum atomic E-state index is -0.940. The number of rotatable bonds is 4. The van der Waals surface area contributed by atoms with Crippen molar-refractivity contribution in [1.82, 2.24) is 0 Å². The number of carbonyl (C=O) groups is 1. The van der Waals surface area contributed by atoms with E-state index in [1.54, 1.807) is 18.7 Å². The van der Waals surface area contributed by atoms with Crippen molar-refractivity contribution in [2.75, 3.05) is 12.9 Å². The number of carbonyl (C=O) groups excluding carboxylic acids is 1. The van der Waals surface area contributed by atoms with Crippen LogP contribution in [0.1, 0.15) is 12.5 Å². The van der Waals surface area contributed by atoms with Crippen molar-refractivity contribution in [2.24, 2.45) is 5.73 Å². The van der Waals surface area contributed by atoms with E-state index in [0.717, 1.165) is 4.90 Å². The monoisotopic (exact) mass is 239 g/mol. The van der Waals surface area contributed by atoms with Crippen molar-refractivity contribution >= 4 is 17.7 Å². The van der Waals surface area contributed by atoms with E-state index in [9.17, 15) is 4.79 Å². The average Bonchev–Trinajstić information content (AvgIpc) is 2.27. The van der Waals surface area contributed by atoms with Crippen molar-refractivity contribution in [3.8, 4) is 0 Å². The Kier molecular flexibility index (Phi) is 4.38. The van der Waals surface area contributed by atoms with Gasteiger partial charge in [-0.15, -0.1) is 11.8 Å². The molecule has 88 valence electrons. The SMILES string of the molecule is COC(=O)C(C)(N)CSc1ccc(C)cc1. The molecule has 1 aromatic carbocycles. The first-order valence-corrected chi connectivity index (χ1v) is 6.01. The quantitative estimate of drug-likeness (QED) is 0.645. The van der Waals surface area contributed by atoms with Crippen molar-refractivity contribution < 1.29 is 9.53 Å². The molecule has 0 aliphatic heterocycles. The minimum Gasteiger partial charge on any atom is -0.468 e. The number of esters is 1. The highest BCUT2D eigenvalue weighted by molar-refractivity contribution is 7.99. The molecule has 0 spiro atoms. The van der Waals surface area contributed by atoms with Gasteiger partial charge in [-0.05, 0) is 26.0 Å². The number of methoxy groups -OCH3 is 1. The molecule has 0 saturated carbocycles. The van der Waals surface area contributed by atoms with Gasteiger partial charge in [0, 0.05) is 10.6 Å². The maximum absolute atomic E-state index is 11.3. The van der Waals surface area contributed by atoms with E-state index in [2.05, 4.69) is 4.74 Å². The molecule has 0 fully saturated rings. The summed E-state index contributed by atoms with van der Waals surface area (Å²) in [4.78, 5) is 12.5. The zero-order valence-electron chi connectivity index (χ0n) is 9.82. The maximum atomic E-state index is 11.3. The van der Waals surface area contributed by atoms with Gasteiger partial charge in [-0.1, -0.05) is 17.7 Å². The maximum Gasteiger partial charge on any atom is 0.326 e. The average molecular weight is 239 g/mol. The number of hydrogen-bond acceptors (Lipinski definition) is 4. The van der Waals surface area contributed by atoms with Crippen molar-refractivity contribution in [3.05, 3.63) is 29.8 Å². The van der Waals surface area contributed by atoms with E-state index < -0.39 is 5.54 Å². The van der Waals surface area contributed by atoms with Crippen LogP contribution in [0.2, 0.25) is 0 Å². The smallest absolute Gasteiger partial charge is 0.326 e. The van der Waals surface area contributed by atoms with Crippen LogP contribution in [0.5, 0.6) is 0 Å². The zero-order chi connectivity index (χ0) is 12.2. The Hall–Kier alpha value is -1.00. The van der Waals surface area contributed by atoms with Crippen LogP contribution in [-0.2, 0) is 9.53 Å². The second kappa shape index (κ2) is 5.37. The largest absolute Gasteiger partial charge is 0.468 e. The van der Waals surface area contributed by atoms with Gasteiger partial charge in [0.2, 0.25) is 0 Å². The zero-order valence-corrected chi connectivity index (χ0v) is 10.6. The lowest BCUT2D eigenvalue weighted by Crippen LogP contribution is -2.48. The summed E-state index contributed by atoms with van der Waals surface area (Å²) in [5, 5.41) is 0. The topological polar surface area (TPSA) is 52.3 Å². The van der Waals surface area contributed by atoms with Gasteiger partial charge in [0.15, 0.2) is 0 Å². The summed E-state index contributed by atoms with van der Waals surface area (Å²) in [6, 6.07) is 8.11. The predicted molar refractivity (Wildman–Crippen MR) is 66.5 cm³/mol. The molecule has 4 heteroatoms. The van der Waals surface area contributed by atoms with Gasteiger partial charge in [-0.25, -0.2) is 0 Å². The molecule has 0 radical (unpaired) electrons. The van der Waals surface area contributed by atoms with Gasteiger partial charge in [0.1, 0.15) is 5.54 Å². The number of hydrogen-bond donors (Lipinski definition) is 1. The molecule has 1 atom stereocenters. The van der Waals surface area contributed by atoms with Crippen molar-refractivity contribution in [1.29, 1.82) is 0 Å². The highest BCUT2D eigenvalue weighted by atomic mass is 32.2. The van der Waals surface area contributed by atoms with Gasteiger partial charge in [0.05, 0.1) is 7.11 Å². The van der Waals surface area contributed by atoms with Crippen LogP contribution in [0.3, 0.4) is 0 Å². The Morgan fingerprint density at radius 2 is 2.00 bits per heavy atom. The summed E-state index contributed by atoms with van der Waals surface area (Å²) in [5.41, 5.74) is 6.13. The molecule has 1 unspecified atom stereocenters. The Morgan fingerprint density at radius 3 is 2.50 bits per heavy atom. The highest BCUT2D eigenvalue weighted by Gasteiger charge is 2.29. The van der Waals surface area contributed by atoms with E-state index in [1.165, 1.54) is 12.7 Å². The molecule has 1 rings (SSSR count). The van der Waals surface area contributed by atoms with Gasteiger partial charge in [0.25, 0.3) is 0 Å². The Balaban J connectivity index is 2.57. The third-order valence-electron chi connectivity index (χ3n) is 2.21. The Bertz CT molecular complexity index is 360. The molecule has 0 amide bonds. The van der Waals surface area contributed by atoms with Crippen LogP contribution in [0.15, 0.2) is 29.2 Å². The van der Waals surface area contributed by atoms with E-state index >= 15 is 0 Å². The molecule has 0 aliphatic carbocycles. The van der Waals surface area contributed by atoms with Crippen LogP contribution in [-0.4, -0.2) is 24.4 Å². The predicted octanol–water partition coefficient (Wildman–Crippen LogP) is 1.98. The van der Waals surface area contributed by atoms with Crippen molar-refractivity contribution in [2.45, 2.75) is 24.3 Å². The fourth-order valence-corrected chi connectivity index (χ4v) is 2.07. The molecule has 0 bridgehead atoms. The van der Waals surface area contributed by atoms with Gasteiger partial charge in [-0.3, -0.25) is 4.79 Å². The van der Waals surface area contributed by atoms with Gasteiger partial charge >= 0.3 is 5.97 Å². The lowest BCUT2D eigenvalue weighted by Gasteiger charge is -2.20. The summed E-state index contributed by atoms with van der Waals surface area (Å²) in [7, 11) is 1.35. The molecule has 0 saturated heterocycles. The standard InChI is InChI=1S/C12H17NO2S/c1-9-4-6-10(7-5-9)16-8-12(2,13)11(14)15-3/h4-7H,8,13H2,1-3H3. The van der Waals surface area contributed by atoms with Gasteiger partial charge < -0.3 is 10.5 Å². The molecule has 0 aliphatic rings.